The van der Waals surface area contributed by atoms with Crippen molar-refractivity contribution in [2.75, 3.05) is 0 Å². The van der Waals surface area contributed by atoms with Crippen LogP contribution < -0.4 is 0 Å². The van der Waals surface area contributed by atoms with Crippen LogP contribution in [0.4, 0.5) is 10.5 Å². The molecule has 2 aliphatic rings. The first kappa shape index (κ1) is 26.4. The number of benzene rings is 2. The van der Waals surface area contributed by atoms with Gasteiger partial charge in [-0.1, -0.05) is 63.2 Å². The number of ether oxygens (including phenoxy) is 1. The molecule has 1 amide bonds. The first-order valence-corrected chi connectivity index (χ1v) is 15.6. The SMILES string of the molecule is CC1(C)OC(=O)N2[C@H](CC[C@@H]2[C@H](O[Si](C)(C)C(C)(C)C)c2ccccc2)C1c1ccc([N+](=O)[O-])cc1. The van der Waals surface area contributed by atoms with Crippen molar-refractivity contribution in [1.29, 1.82) is 0 Å². The number of hydrogen-bond acceptors (Lipinski definition) is 5. The van der Waals surface area contributed by atoms with Crippen molar-refractivity contribution in [2.24, 2.45) is 0 Å². The average molecular weight is 511 g/mol. The Morgan fingerprint density at radius 3 is 2.25 bits per heavy atom. The summed E-state index contributed by atoms with van der Waals surface area (Å²) in [5, 5.41) is 11.2. The van der Waals surface area contributed by atoms with E-state index in [9.17, 15) is 14.9 Å². The molecule has 0 bridgehead atoms. The highest BCUT2D eigenvalue weighted by molar-refractivity contribution is 6.74. The van der Waals surface area contributed by atoms with Crippen LogP contribution in [0.2, 0.25) is 18.1 Å². The van der Waals surface area contributed by atoms with Gasteiger partial charge in [0.05, 0.1) is 17.1 Å². The number of hydrogen-bond donors (Lipinski definition) is 0. The van der Waals surface area contributed by atoms with E-state index in [1.807, 2.05) is 36.9 Å². The van der Waals surface area contributed by atoms with E-state index in [-0.39, 0.29) is 40.9 Å². The van der Waals surface area contributed by atoms with Crippen LogP contribution in [0.3, 0.4) is 0 Å². The zero-order chi connectivity index (χ0) is 26.5. The average Bonchev–Trinajstić information content (AvgIpc) is 3.21. The minimum atomic E-state index is -2.17. The molecule has 0 radical (unpaired) electrons. The Morgan fingerprint density at radius 1 is 1.08 bits per heavy atom. The maximum absolute atomic E-state index is 13.5. The molecule has 4 atom stereocenters. The number of fused-ring (bicyclic) bond motifs is 1. The smallest absolute Gasteiger partial charge is 0.410 e. The van der Waals surface area contributed by atoms with Gasteiger partial charge in [0.15, 0.2) is 8.32 Å². The topological polar surface area (TPSA) is 81.9 Å². The maximum Gasteiger partial charge on any atom is 0.410 e. The molecule has 2 aromatic carbocycles. The minimum Gasteiger partial charge on any atom is -0.443 e. The van der Waals surface area contributed by atoms with E-state index < -0.39 is 18.8 Å². The van der Waals surface area contributed by atoms with Crippen LogP contribution >= 0.6 is 0 Å². The van der Waals surface area contributed by atoms with E-state index in [1.165, 1.54) is 12.1 Å². The van der Waals surface area contributed by atoms with Crippen LogP contribution in [0, 0.1) is 10.1 Å². The first-order chi connectivity index (χ1) is 16.7. The molecule has 0 N–H and O–H groups in total. The minimum absolute atomic E-state index is 0.0176. The zero-order valence-electron chi connectivity index (χ0n) is 22.4. The number of nitro benzene ring substituents is 1. The van der Waals surface area contributed by atoms with Crippen molar-refractivity contribution >= 4 is 20.1 Å². The van der Waals surface area contributed by atoms with Crippen LogP contribution in [-0.4, -0.2) is 41.9 Å². The Balaban J connectivity index is 1.73. The second kappa shape index (κ2) is 9.30. The predicted octanol–water partition coefficient (Wildman–Crippen LogP) is 7.20. The number of amides is 1. The van der Waals surface area contributed by atoms with Crippen LogP contribution in [0.15, 0.2) is 54.6 Å². The number of nitro groups is 1. The van der Waals surface area contributed by atoms with Crippen molar-refractivity contribution in [1.82, 2.24) is 4.90 Å². The summed E-state index contributed by atoms with van der Waals surface area (Å²) in [6.45, 7) is 15.0. The van der Waals surface area contributed by atoms with Gasteiger partial charge in [0.1, 0.15) is 5.60 Å². The molecule has 194 valence electrons. The molecule has 36 heavy (non-hydrogen) atoms. The standard InChI is InChI=1S/C28H38N2O5Si/c1-27(2,3)36(6,7)35-25(20-11-9-8-10-12-20)23-18-17-22-24(28(4,5)34-26(31)29(22)23)19-13-15-21(16-14-19)30(32)33/h8-16,22-25H,17-18H2,1-7H3/t22-,23-,24?,25-/m1/s1. The zero-order valence-corrected chi connectivity index (χ0v) is 23.4. The summed E-state index contributed by atoms with van der Waals surface area (Å²) in [6, 6.07) is 16.6. The van der Waals surface area contributed by atoms with Gasteiger partial charge in [-0.05, 0) is 55.9 Å². The van der Waals surface area contributed by atoms with Gasteiger partial charge < -0.3 is 9.16 Å². The molecule has 2 saturated heterocycles. The number of rotatable bonds is 6. The molecule has 2 fully saturated rings. The second-order valence-corrected chi connectivity index (χ2v) is 16.9. The van der Waals surface area contributed by atoms with E-state index in [4.69, 9.17) is 9.16 Å². The highest BCUT2D eigenvalue weighted by Gasteiger charge is 2.56. The van der Waals surface area contributed by atoms with Crippen LogP contribution in [0.5, 0.6) is 0 Å². The van der Waals surface area contributed by atoms with Crippen molar-refractivity contribution in [3.8, 4) is 0 Å². The lowest BCUT2D eigenvalue weighted by molar-refractivity contribution is -0.384. The molecule has 7 nitrogen and oxygen atoms in total. The van der Waals surface area contributed by atoms with Gasteiger partial charge in [0.2, 0.25) is 0 Å². The first-order valence-electron chi connectivity index (χ1n) is 12.7. The summed E-state index contributed by atoms with van der Waals surface area (Å²) in [4.78, 5) is 26.2. The van der Waals surface area contributed by atoms with Crippen molar-refractivity contribution in [3.63, 3.8) is 0 Å². The van der Waals surface area contributed by atoms with Crippen molar-refractivity contribution in [2.45, 2.75) is 95.3 Å². The highest BCUT2D eigenvalue weighted by Crippen LogP contribution is 2.50. The molecular weight excluding hydrogens is 472 g/mol. The van der Waals surface area contributed by atoms with Gasteiger partial charge in [-0.25, -0.2) is 4.79 Å². The molecule has 2 aromatic rings. The molecule has 2 heterocycles. The van der Waals surface area contributed by atoms with Gasteiger partial charge >= 0.3 is 6.09 Å². The third kappa shape index (κ3) is 4.80. The summed E-state index contributed by atoms with van der Waals surface area (Å²) in [5.41, 5.74) is 1.32. The van der Waals surface area contributed by atoms with Gasteiger partial charge in [-0.15, -0.1) is 0 Å². The second-order valence-electron chi connectivity index (χ2n) is 12.1. The number of non-ortho nitro benzene ring substituents is 1. The Bertz CT molecular complexity index is 1110. The molecule has 0 aliphatic carbocycles. The van der Waals surface area contributed by atoms with E-state index in [1.54, 1.807) is 12.1 Å². The molecule has 2 aliphatic heterocycles. The van der Waals surface area contributed by atoms with E-state index in [2.05, 4.69) is 46.0 Å². The summed E-state index contributed by atoms with van der Waals surface area (Å²) >= 11 is 0. The summed E-state index contributed by atoms with van der Waals surface area (Å²) < 4.78 is 13.1. The molecule has 0 saturated carbocycles. The molecule has 0 spiro atoms. The monoisotopic (exact) mass is 510 g/mol. The lowest BCUT2D eigenvalue weighted by atomic mass is 9.77. The van der Waals surface area contributed by atoms with Gasteiger partial charge in [0, 0.05) is 24.1 Å². The Morgan fingerprint density at radius 2 is 1.69 bits per heavy atom. The van der Waals surface area contributed by atoms with Crippen molar-refractivity contribution in [3.05, 3.63) is 75.8 Å². The maximum atomic E-state index is 13.5. The quantitative estimate of drug-likeness (QED) is 0.233. The largest absolute Gasteiger partial charge is 0.443 e. The summed E-state index contributed by atoms with van der Waals surface area (Å²) in [6.07, 6.45) is 1.04. The third-order valence-corrected chi connectivity index (χ3v) is 12.8. The molecule has 0 aromatic heterocycles. The lowest BCUT2D eigenvalue weighted by Gasteiger charge is -2.49. The van der Waals surface area contributed by atoms with Crippen LogP contribution in [0.25, 0.3) is 0 Å². The fraction of sp³-hybridized carbons (Fsp3) is 0.536. The van der Waals surface area contributed by atoms with E-state index in [0.717, 1.165) is 24.0 Å². The Labute approximate surface area is 215 Å². The highest BCUT2D eigenvalue weighted by atomic mass is 28.4. The van der Waals surface area contributed by atoms with Gasteiger partial charge in [-0.3, -0.25) is 15.0 Å². The molecule has 8 heteroatoms. The van der Waals surface area contributed by atoms with Crippen LogP contribution in [-0.2, 0) is 9.16 Å². The fourth-order valence-corrected chi connectivity index (χ4v) is 6.78. The summed E-state index contributed by atoms with van der Waals surface area (Å²) in [7, 11) is -2.17. The van der Waals surface area contributed by atoms with Crippen LogP contribution in [0.1, 0.15) is 70.6 Å². The molecule has 4 rings (SSSR count). The number of nitrogens with zero attached hydrogens (tertiary/aromatic N) is 2. The predicted molar refractivity (Wildman–Crippen MR) is 143 cm³/mol. The number of carbonyl (C=O) groups is 1. The molecular formula is C28H38N2O5Si. The number of carbonyl (C=O) groups excluding carboxylic acids is 1. The Hall–Kier alpha value is -2.71. The van der Waals surface area contributed by atoms with Gasteiger partial charge in [-0.2, -0.15) is 0 Å². The van der Waals surface area contributed by atoms with E-state index in [0.29, 0.717) is 0 Å². The fourth-order valence-electron chi connectivity index (χ4n) is 5.50. The normalized spacial score (nSPS) is 24.7. The number of cyclic esters (lactones) is 1. The lowest BCUT2D eigenvalue weighted by Crippen LogP contribution is -2.58. The third-order valence-electron chi connectivity index (χ3n) is 8.34. The summed E-state index contributed by atoms with van der Waals surface area (Å²) in [5.74, 6) is -0.120. The van der Waals surface area contributed by atoms with E-state index >= 15 is 0 Å². The Kier molecular flexibility index (Phi) is 6.81. The van der Waals surface area contributed by atoms with Gasteiger partial charge in [0.25, 0.3) is 5.69 Å². The molecule has 1 unspecified atom stereocenters. The van der Waals surface area contributed by atoms with Crippen molar-refractivity contribution < 1.29 is 18.9 Å².